The van der Waals surface area contributed by atoms with Crippen molar-refractivity contribution < 1.29 is 19.4 Å². The molecule has 2 saturated carbocycles. The van der Waals surface area contributed by atoms with E-state index in [0.717, 1.165) is 19.3 Å². The van der Waals surface area contributed by atoms with Crippen molar-refractivity contribution in [3.63, 3.8) is 0 Å². The Kier molecular flexibility index (Phi) is 3.84. The SMILES string of the molecule is C[C@@H]1C[C@@H]2OC(=O)C[C@H]2[C@H](O)[C@@]2(C)[C@@H](OC(C)(C)C)CC[C@H]12. The van der Waals surface area contributed by atoms with Crippen molar-refractivity contribution in [3.05, 3.63) is 0 Å². The highest BCUT2D eigenvalue weighted by Gasteiger charge is 2.60. The van der Waals surface area contributed by atoms with E-state index in [9.17, 15) is 9.90 Å². The molecule has 0 aromatic rings. The zero-order valence-corrected chi connectivity index (χ0v) is 14.5. The number of rotatable bonds is 1. The molecule has 4 heteroatoms. The Morgan fingerprint density at radius 2 is 2.00 bits per heavy atom. The van der Waals surface area contributed by atoms with Gasteiger partial charge in [0.15, 0.2) is 0 Å². The molecule has 0 radical (unpaired) electrons. The van der Waals surface area contributed by atoms with E-state index in [1.54, 1.807) is 0 Å². The van der Waals surface area contributed by atoms with Crippen LogP contribution in [0.25, 0.3) is 0 Å². The monoisotopic (exact) mass is 310 g/mol. The van der Waals surface area contributed by atoms with Crippen LogP contribution in [0.15, 0.2) is 0 Å². The van der Waals surface area contributed by atoms with Gasteiger partial charge in [-0.2, -0.15) is 0 Å². The summed E-state index contributed by atoms with van der Waals surface area (Å²) in [5, 5.41) is 11.2. The first-order chi connectivity index (χ1) is 10.1. The molecule has 1 aliphatic heterocycles. The van der Waals surface area contributed by atoms with E-state index in [2.05, 4.69) is 34.6 Å². The Morgan fingerprint density at radius 1 is 1.32 bits per heavy atom. The van der Waals surface area contributed by atoms with Gasteiger partial charge in [-0.1, -0.05) is 13.8 Å². The van der Waals surface area contributed by atoms with Crippen molar-refractivity contribution in [2.24, 2.45) is 23.2 Å². The second kappa shape index (κ2) is 5.20. The molecule has 7 atom stereocenters. The average Bonchev–Trinajstić information content (AvgIpc) is 2.87. The zero-order chi connectivity index (χ0) is 16.3. The van der Waals surface area contributed by atoms with Crippen LogP contribution in [0.1, 0.15) is 60.3 Å². The van der Waals surface area contributed by atoms with Crippen molar-refractivity contribution >= 4 is 5.97 Å². The number of fused-ring (bicyclic) bond motifs is 2. The minimum atomic E-state index is -0.534. The van der Waals surface area contributed by atoms with Gasteiger partial charge in [0.05, 0.1) is 24.2 Å². The third-order valence-electron chi connectivity index (χ3n) is 6.22. The molecule has 2 aliphatic carbocycles. The van der Waals surface area contributed by atoms with E-state index in [1.165, 1.54) is 0 Å². The van der Waals surface area contributed by atoms with Crippen LogP contribution in [0.3, 0.4) is 0 Å². The number of carbonyl (C=O) groups is 1. The maximum Gasteiger partial charge on any atom is 0.306 e. The topological polar surface area (TPSA) is 55.8 Å². The molecule has 3 aliphatic rings. The van der Waals surface area contributed by atoms with Gasteiger partial charge in [-0.25, -0.2) is 0 Å². The molecule has 3 fully saturated rings. The highest BCUT2D eigenvalue weighted by atomic mass is 16.6. The van der Waals surface area contributed by atoms with Crippen molar-refractivity contribution in [2.75, 3.05) is 0 Å². The van der Waals surface area contributed by atoms with E-state index < -0.39 is 6.10 Å². The number of esters is 1. The maximum absolute atomic E-state index is 11.7. The van der Waals surface area contributed by atoms with Crippen molar-refractivity contribution in [3.8, 4) is 0 Å². The van der Waals surface area contributed by atoms with Gasteiger partial charge in [0.1, 0.15) is 6.10 Å². The van der Waals surface area contributed by atoms with E-state index >= 15 is 0 Å². The van der Waals surface area contributed by atoms with Crippen molar-refractivity contribution in [1.82, 2.24) is 0 Å². The predicted octanol–water partition coefficient (Wildman–Crippen LogP) is 2.92. The third-order valence-corrected chi connectivity index (χ3v) is 6.22. The highest BCUT2D eigenvalue weighted by Crippen LogP contribution is 2.57. The fraction of sp³-hybridized carbons (Fsp3) is 0.944. The van der Waals surface area contributed by atoms with E-state index in [0.29, 0.717) is 18.3 Å². The molecule has 126 valence electrons. The molecule has 0 bridgehead atoms. The highest BCUT2D eigenvalue weighted by molar-refractivity contribution is 5.72. The van der Waals surface area contributed by atoms with Crippen LogP contribution in [0.5, 0.6) is 0 Å². The van der Waals surface area contributed by atoms with Gasteiger partial charge in [0.2, 0.25) is 0 Å². The smallest absolute Gasteiger partial charge is 0.306 e. The summed E-state index contributed by atoms with van der Waals surface area (Å²) in [4.78, 5) is 11.7. The van der Waals surface area contributed by atoms with Gasteiger partial charge in [-0.3, -0.25) is 4.79 Å². The molecule has 1 N–H and O–H groups in total. The van der Waals surface area contributed by atoms with Gasteiger partial charge in [-0.05, 0) is 51.9 Å². The maximum atomic E-state index is 11.7. The summed E-state index contributed by atoms with van der Waals surface area (Å²) >= 11 is 0. The molecule has 0 amide bonds. The lowest BCUT2D eigenvalue weighted by Gasteiger charge is -2.44. The zero-order valence-electron chi connectivity index (χ0n) is 14.5. The molecule has 4 nitrogen and oxygen atoms in total. The standard InChI is InChI=1S/C18H30O4/c1-10-8-13-11(9-15(19)21-13)16(20)18(5)12(10)6-7-14(18)22-17(2,3)4/h10-14,16,20H,6-9H2,1-5H3/t10-,11-,12-,13+,14+,16+,18-/m1/s1. The second-order valence-corrected chi connectivity index (χ2v) is 8.82. The van der Waals surface area contributed by atoms with Crippen molar-refractivity contribution in [1.29, 1.82) is 0 Å². The van der Waals surface area contributed by atoms with Gasteiger partial charge in [0, 0.05) is 11.3 Å². The number of carbonyl (C=O) groups excluding carboxylic acids is 1. The van der Waals surface area contributed by atoms with Gasteiger partial charge in [0.25, 0.3) is 0 Å². The normalized spacial score (nSPS) is 48.5. The number of aliphatic hydroxyl groups excluding tert-OH is 1. The minimum Gasteiger partial charge on any atom is -0.462 e. The Labute approximate surface area is 133 Å². The number of hydrogen-bond acceptors (Lipinski definition) is 4. The fourth-order valence-electron chi connectivity index (χ4n) is 5.27. The summed E-state index contributed by atoms with van der Waals surface area (Å²) < 4.78 is 11.8. The number of aliphatic hydroxyl groups is 1. The van der Waals surface area contributed by atoms with Crippen LogP contribution in [-0.2, 0) is 14.3 Å². The molecular formula is C18H30O4. The average molecular weight is 310 g/mol. The first-order valence-electron chi connectivity index (χ1n) is 8.68. The first-order valence-corrected chi connectivity index (χ1v) is 8.68. The molecule has 0 spiro atoms. The van der Waals surface area contributed by atoms with Crippen LogP contribution in [0.2, 0.25) is 0 Å². The Bertz CT molecular complexity index is 454. The molecule has 0 aromatic carbocycles. The second-order valence-electron chi connectivity index (χ2n) is 8.82. The lowest BCUT2D eigenvalue weighted by Crippen LogP contribution is -2.50. The molecule has 0 aromatic heterocycles. The summed E-state index contributed by atoms with van der Waals surface area (Å²) in [5.41, 5.74) is -0.515. The van der Waals surface area contributed by atoms with Crippen LogP contribution in [-0.4, -0.2) is 35.0 Å². The molecule has 3 rings (SSSR count). The number of ether oxygens (including phenoxy) is 2. The summed E-state index contributed by atoms with van der Waals surface area (Å²) in [6.45, 7) is 10.6. The summed E-state index contributed by atoms with van der Waals surface area (Å²) in [7, 11) is 0. The first kappa shape index (κ1) is 16.3. The fourth-order valence-corrected chi connectivity index (χ4v) is 5.27. The largest absolute Gasteiger partial charge is 0.462 e. The Hall–Kier alpha value is -0.610. The van der Waals surface area contributed by atoms with E-state index in [-0.39, 0.29) is 35.1 Å². The molecule has 1 saturated heterocycles. The summed E-state index contributed by atoms with van der Waals surface area (Å²) in [6.07, 6.45) is 2.70. The molecule has 0 unspecified atom stereocenters. The molecular weight excluding hydrogens is 280 g/mol. The van der Waals surface area contributed by atoms with Crippen LogP contribution in [0.4, 0.5) is 0 Å². The summed E-state index contributed by atoms with van der Waals surface area (Å²) in [5.74, 6) is 0.636. The molecule has 1 heterocycles. The molecule has 22 heavy (non-hydrogen) atoms. The van der Waals surface area contributed by atoms with Crippen LogP contribution < -0.4 is 0 Å². The van der Waals surface area contributed by atoms with Gasteiger partial charge < -0.3 is 14.6 Å². The Morgan fingerprint density at radius 3 is 2.64 bits per heavy atom. The van der Waals surface area contributed by atoms with Gasteiger partial charge >= 0.3 is 5.97 Å². The Balaban J connectivity index is 1.94. The minimum absolute atomic E-state index is 0.0457. The number of hydrogen-bond donors (Lipinski definition) is 1. The third kappa shape index (κ3) is 2.48. The van der Waals surface area contributed by atoms with Gasteiger partial charge in [-0.15, -0.1) is 0 Å². The predicted molar refractivity (Wildman–Crippen MR) is 83.2 cm³/mol. The van der Waals surface area contributed by atoms with Crippen LogP contribution >= 0.6 is 0 Å². The lowest BCUT2D eigenvalue weighted by atomic mass is 9.67. The van der Waals surface area contributed by atoms with Crippen molar-refractivity contribution in [2.45, 2.75) is 84.2 Å². The summed E-state index contributed by atoms with van der Waals surface area (Å²) in [6, 6.07) is 0. The van der Waals surface area contributed by atoms with E-state index in [4.69, 9.17) is 9.47 Å². The quantitative estimate of drug-likeness (QED) is 0.757. The van der Waals surface area contributed by atoms with Crippen LogP contribution in [0, 0.1) is 23.2 Å². The van der Waals surface area contributed by atoms with E-state index in [1.807, 2.05) is 0 Å². The lowest BCUT2D eigenvalue weighted by molar-refractivity contribution is -0.157.